The number of aromatic nitrogens is 2. The third kappa shape index (κ3) is 7.24. The van der Waals surface area contributed by atoms with Crippen molar-refractivity contribution in [2.75, 3.05) is 68.5 Å². The predicted octanol–water partition coefficient (Wildman–Crippen LogP) is 4.10. The van der Waals surface area contributed by atoms with Crippen molar-refractivity contribution < 1.29 is 14.4 Å². The summed E-state index contributed by atoms with van der Waals surface area (Å²) >= 11 is 0. The molecule has 1 amide bonds. The van der Waals surface area contributed by atoms with E-state index >= 15 is 0 Å². The largest absolute Gasteiger partial charge is 0.494 e. The van der Waals surface area contributed by atoms with Gasteiger partial charge in [-0.25, -0.2) is 15.0 Å². The number of anilines is 5. The van der Waals surface area contributed by atoms with E-state index in [9.17, 15) is 4.79 Å². The molecule has 2 N–H and O–H groups in total. The molecule has 1 aromatic heterocycles. The molecule has 0 unspecified atom stereocenters. The highest BCUT2D eigenvalue weighted by Gasteiger charge is 2.28. The van der Waals surface area contributed by atoms with Gasteiger partial charge in [-0.15, -0.1) is 0 Å². The molecule has 1 fully saturated rings. The molecule has 0 saturated carbocycles. The lowest BCUT2D eigenvalue weighted by Gasteiger charge is -2.26. The van der Waals surface area contributed by atoms with Gasteiger partial charge in [0.25, 0.3) is 0 Å². The number of ether oxygens (including phenoxy) is 1. The maximum absolute atomic E-state index is 12.3. The summed E-state index contributed by atoms with van der Waals surface area (Å²) in [7, 11) is 7.64. The number of nitrogens with one attached hydrogen (secondary N) is 2. The molecule has 10 nitrogen and oxygen atoms in total. The van der Waals surface area contributed by atoms with Crippen molar-refractivity contribution in [2.45, 2.75) is 18.9 Å². The summed E-state index contributed by atoms with van der Waals surface area (Å²) in [4.78, 5) is 31.3. The fourth-order valence-corrected chi connectivity index (χ4v) is 4.41. The number of carbonyl (C=O) groups excluding carboxylic acids is 1. The predicted molar refractivity (Wildman–Crippen MR) is 156 cm³/mol. The standard InChI is InChI=1S/C29H37N7O3/c1-6-29(37)33-23-17-24(26(38-5)18-25(23)35(4)14-13-34(2)3)32-27-19-28(31-20-30-27)36-22(12-15-39-36)16-21-10-8-7-9-11-21/h6-11,17-20,22H,1,12-16H2,2-5H3,(H,33,37)(H,30,31,32)/t22-/m1/s1. The van der Waals surface area contributed by atoms with Crippen molar-refractivity contribution >= 4 is 34.6 Å². The van der Waals surface area contributed by atoms with Crippen LogP contribution in [-0.2, 0) is 16.1 Å². The summed E-state index contributed by atoms with van der Waals surface area (Å²) in [5.74, 6) is 1.55. The van der Waals surface area contributed by atoms with E-state index < -0.39 is 0 Å². The van der Waals surface area contributed by atoms with Crippen molar-refractivity contribution in [3.63, 3.8) is 0 Å². The van der Waals surface area contributed by atoms with Crippen LogP contribution in [0.5, 0.6) is 5.75 Å². The summed E-state index contributed by atoms with van der Waals surface area (Å²) in [5, 5.41) is 8.13. The zero-order chi connectivity index (χ0) is 27.8. The van der Waals surface area contributed by atoms with E-state index in [1.807, 2.05) is 62.6 Å². The fraction of sp³-hybridized carbons (Fsp3) is 0.345. The molecule has 10 heteroatoms. The second kappa shape index (κ2) is 13.1. The molecule has 39 heavy (non-hydrogen) atoms. The van der Waals surface area contributed by atoms with Gasteiger partial charge in [0.05, 0.1) is 36.8 Å². The summed E-state index contributed by atoms with van der Waals surface area (Å²) in [6, 6.07) is 16.1. The summed E-state index contributed by atoms with van der Waals surface area (Å²) in [6.45, 7) is 5.83. The molecule has 0 radical (unpaired) electrons. The van der Waals surface area contributed by atoms with E-state index in [-0.39, 0.29) is 11.9 Å². The van der Waals surface area contributed by atoms with Gasteiger partial charge in [0, 0.05) is 32.3 Å². The number of nitrogens with zero attached hydrogens (tertiary/aromatic N) is 5. The lowest BCUT2D eigenvalue weighted by Crippen LogP contribution is -2.30. The van der Waals surface area contributed by atoms with Gasteiger partial charge in [-0.1, -0.05) is 36.9 Å². The first-order valence-electron chi connectivity index (χ1n) is 12.9. The van der Waals surface area contributed by atoms with Crippen molar-refractivity contribution in [1.29, 1.82) is 0 Å². The maximum atomic E-state index is 12.3. The van der Waals surface area contributed by atoms with E-state index in [0.29, 0.717) is 35.4 Å². The van der Waals surface area contributed by atoms with E-state index in [0.717, 1.165) is 31.6 Å². The zero-order valence-electron chi connectivity index (χ0n) is 23.1. The highest BCUT2D eigenvalue weighted by molar-refractivity contribution is 6.02. The maximum Gasteiger partial charge on any atom is 0.247 e. The van der Waals surface area contributed by atoms with Crippen LogP contribution in [0.2, 0.25) is 0 Å². The molecule has 0 spiro atoms. The Hall–Kier alpha value is -4.15. The number of carbonyl (C=O) groups is 1. The van der Waals surface area contributed by atoms with E-state index in [1.165, 1.54) is 18.0 Å². The number of methoxy groups -OCH3 is 1. The topological polar surface area (TPSA) is 95.1 Å². The van der Waals surface area contributed by atoms with Crippen LogP contribution < -0.4 is 25.3 Å². The first kappa shape index (κ1) is 27.9. The highest BCUT2D eigenvalue weighted by Crippen LogP contribution is 2.38. The number of amides is 1. The van der Waals surface area contributed by atoms with Crippen molar-refractivity contribution in [2.24, 2.45) is 0 Å². The lowest BCUT2D eigenvalue weighted by atomic mass is 10.0. The quantitative estimate of drug-likeness (QED) is 0.335. The number of hydrogen-bond acceptors (Lipinski definition) is 9. The molecule has 0 bridgehead atoms. The van der Waals surface area contributed by atoms with Gasteiger partial charge < -0.3 is 25.2 Å². The Kier molecular flexibility index (Phi) is 9.35. The highest BCUT2D eigenvalue weighted by atomic mass is 16.7. The molecule has 4 rings (SSSR count). The van der Waals surface area contributed by atoms with Crippen LogP contribution in [0, 0.1) is 0 Å². The Morgan fingerprint density at radius 3 is 2.67 bits per heavy atom. The second-order valence-electron chi connectivity index (χ2n) is 9.67. The van der Waals surface area contributed by atoms with Crippen LogP contribution >= 0.6 is 0 Å². The Balaban J connectivity index is 1.59. The third-order valence-electron chi connectivity index (χ3n) is 6.52. The minimum atomic E-state index is -0.298. The molecule has 3 aromatic rings. The van der Waals surface area contributed by atoms with Crippen LogP contribution in [-0.4, -0.2) is 74.8 Å². The van der Waals surface area contributed by atoms with Crippen LogP contribution in [0.25, 0.3) is 0 Å². The van der Waals surface area contributed by atoms with E-state index in [2.05, 4.69) is 49.1 Å². The molecule has 1 aliphatic rings. The van der Waals surface area contributed by atoms with Gasteiger partial charge in [0.1, 0.15) is 17.9 Å². The SMILES string of the molecule is C=CC(=O)Nc1cc(Nc2cc(N3OCC[C@@H]3Cc3ccccc3)ncn2)c(OC)cc1N(C)CCN(C)C. The molecule has 2 heterocycles. The fourth-order valence-electron chi connectivity index (χ4n) is 4.41. The van der Waals surface area contributed by atoms with Crippen LogP contribution in [0.4, 0.5) is 28.7 Å². The van der Waals surface area contributed by atoms with Gasteiger partial charge in [-0.3, -0.25) is 9.63 Å². The summed E-state index contributed by atoms with van der Waals surface area (Å²) in [5.41, 5.74) is 3.35. The van der Waals surface area contributed by atoms with Gasteiger partial charge in [-0.05, 0) is 44.6 Å². The number of hydroxylamine groups is 1. The van der Waals surface area contributed by atoms with Crippen LogP contribution in [0.15, 0.2) is 67.5 Å². The molecule has 1 atom stereocenters. The minimum Gasteiger partial charge on any atom is -0.494 e. The van der Waals surface area contributed by atoms with Crippen LogP contribution in [0.1, 0.15) is 12.0 Å². The van der Waals surface area contributed by atoms with Crippen molar-refractivity contribution in [3.8, 4) is 5.75 Å². The smallest absolute Gasteiger partial charge is 0.247 e. The molecule has 1 saturated heterocycles. The molecular formula is C29H37N7O3. The summed E-state index contributed by atoms with van der Waals surface area (Å²) < 4.78 is 5.72. The zero-order valence-corrected chi connectivity index (χ0v) is 23.1. The van der Waals surface area contributed by atoms with Crippen molar-refractivity contribution in [3.05, 3.63) is 73.1 Å². The average Bonchev–Trinajstić information content (AvgIpc) is 3.40. The second-order valence-corrected chi connectivity index (χ2v) is 9.67. The Labute approximate surface area is 230 Å². The summed E-state index contributed by atoms with van der Waals surface area (Å²) in [6.07, 6.45) is 4.52. The van der Waals surface area contributed by atoms with E-state index in [1.54, 1.807) is 7.11 Å². The Morgan fingerprint density at radius 1 is 1.15 bits per heavy atom. The Morgan fingerprint density at radius 2 is 1.95 bits per heavy atom. The lowest BCUT2D eigenvalue weighted by molar-refractivity contribution is -0.111. The number of rotatable bonds is 12. The average molecular weight is 532 g/mol. The normalized spacial score (nSPS) is 14.8. The number of benzene rings is 2. The third-order valence-corrected chi connectivity index (χ3v) is 6.52. The molecule has 0 aliphatic carbocycles. The number of likely N-dealkylation sites (N-methyl/N-ethyl adjacent to an activating group) is 2. The van der Waals surface area contributed by atoms with Crippen LogP contribution in [0.3, 0.4) is 0 Å². The van der Waals surface area contributed by atoms with Gasteiger partial charge in [0.15, 0.2) is 5.82 Å². The van der Waals surface area contributed by atoms with Gasteiger partial charge >= 0.3 is 0 Å². The van der Waals surface area contributed by atoms with Gasteiger partial charge in [-0.2, -0.15) is 0 Å². The first-order valence-corrected chi connectivity index (χ1v) is 12.9. The molecule has 206 valence electrons. The molecule has 2 aromatic carbocycles. The minimum absolute atomic E-state index is 0.169. The Bertz CT molecular complexity index is 1270. The van der Waals surface area contributed by atoms with Crippen molar-refractivity contribution in [1.82, 2.24) is 14.9 Å². The molecule has 1 aliphatic heterocycles. The number of hydrogen-bond donors (Lipinski definition) is 2. The van der Waals surface area contributed by atoms with E-state index in [4.69, 9.17) is 9.57 Å². The molecular weight excluding hydrogens is 494 g/mol. The first-order chi connectivity index (χ1) is 18.9. The van der Waals surface area contributed by atoms with Gasteiger partial charge in [0.2, 0.25) is 5.91 Å². The monoisotopic (exact) mass is 531 g/mol.